The van der Waals surface area contributed by atoms with Crippen LogP contribution in [0.2, 0.25) is 0 Å². The summed E-state index contributed by atoms with van der Waals surface area (Å²) in [6.07, 6.45) is 0. The second kappa shape index (κ2) is 5.06. The van der Waals surface area contributed by atoms with Crippen molar-refractivity contribution in [1.82, 2.24) is 0 Å². The molecular formula is C12H8O4Ru. The number of carboxylic acid groups (broad SMARTS) is 2. The van der Waals surface area contributed by atoms with Crippen LogP contribution in [-0.2, 0) is 19.5 Å². The van der Waals surface area contributed by atoms with Gasteiger partial charge in [-0.3, -0.25) is 0 Å². The molecular weight excluding hydrogens is 309 g/mol. The number of fused-ring (bicyclic) bond motifs is 1. The van der Waals surface area contributed by atoms with Crippen molar-refractivity contribution in [1.29, 1.82) is 0 Å². The number of benzene rings is 2. The number of carboxylic acids is 2. The van der Waals surface area contributed by atoms with Crippen LogP contribution in [0.5, 0.6) is 0 Å². The molecule has 4 nitrogen and oxygen atoms in total. The second-order valence-electron chi connectivity index (χ2n) is 3.32. The molecule has 0 saturated heterocycles. The van der Waals surface area contributed by atoms with Crippen LogP contribution in [0.15, 0.2) is 36.4 Å². The van der Waals surface area contributed by atoms with Crippen molar-refractivity contribution in [2.24, 2.45) is 0 Å². The van der Waals surface area contributed by atoms with Crippen molar-refractivity contribution in [3.8, 4) is 0 Å². The molecule has 88 valence electrons. The maximum Gasteiger partial charge on any atom is 0.336 e. The van der Waals surface area contributed by atoms with E-state index in [9.17, 15) is 9.59 Å². The molecule has 0 bridgehead atoms. The predicted molar refractivity (Wildman–Crippen MR) is 57.9 cm³/mol. The van der Waals surface area contributed by atoms with E-state index >= 15 is 0 Å². The summed E-state index contributed by atoms with van der Waals surface area (Å²) in [6, 6.07) is 9.19. The second-order valence-corrected chi connectivity index (χ2v) is 3.32. The molecule has 2 N–H and O–H groups in total. The van der Waals surface area contributed by atoms with Gasteiger partial charge in [0.05, 0.1) is 11.1 Å². The van der Waals surface area contributed by atoms with Gasteiger partial charge in [-0.1, -0.05) is 24.3 Å². The quantitative estimate of drug-likeness (QED) is 0.833. The van der Waals surface area contributed by atoms with E-state index < -0.39 is 11.9 Å². The van der Waals surface area contributed by atoms with Gasteiger partial charge in [-0.15, -0.1) is 0 Å². The van der Waals surface area contributed by atoms with Crippen LogP contribution in [0, 0.1) is 0 Å². The van der Waals surface area contributed by atoms with Crippen molar-refractivity contribution < 1.29 is 39.3 Å². The van der Waals surface area contributed by atoms with Gasteiger partial charge in [-0.25, -0.2) is 9.59 Å². The van der Waals surface area contributed by atoms with E-state index in [0.29, 0.717) is 10.8 Å². The first-order valence-corrected chi connectivity index (χ1v) is 4.59. The molecule has 0 aliphatic rings. The molecule has 0 spiro atoms. The first-order valence-electron chi connectivity index (χ1n) is 4.59. The number of hydrogen-bond donors (Lipinski definition) is 2. The molecule has 2 rings (SSSR count). The molecule has 17 heavy (non-hydrogen) atoms. The summed E-state index contributed by atoms with van der Waals surface area (Å²) in [6.45, 7) is 0. The smallest absolute Gasteiger partial charge is 0.336 e. The molecule has 0 unspecified atom stereocenters. The van der Waals surface area contributed by atoms with E-state index in [1.54, 1.807) is 24.3 Å². The molecule has 0 atom stereocenters. The SMILES string of the molecule is O=C(O)c1ccc(C(=O)O)c2ccccc12.[Ru]. The van der Waals surface area contributed by atoms with Gasteiger partial charge in [0.25, 0.3) is 0 Å². The summed E-state index contributed by atoms with van der Waals surface area (Å²) in [4.78, 5) is 21.9. The topological polar surface area (TPSA) is 74.6 Å². The van der Waals surface area contributed by atoms with Crippen molar-refractivity contribution in [2.45, 2.75) is 0 Å². The van der Waals surface area contributed by atoms with E-state index in [2.05, 4.69) is 0 Å². The van der Waals surface area contributed by atoms with Crippen LogP contribution in [-0.4, -0.2) is 22.2 Å². The maximum atomic E-state index is 10.9. The molecule has 0 aliphatic heterocycles. The van der Waals surface area contributed by atoms with Crippen LogP contribution in [0.3, 0.4) is 0 Å². The Morgan fingerprint density at radius 2 is 1.12 bits per heavy atom. The summed E-state index contributed by atoms with van der Waals surface area (Å²) >= 11 is 0. The first-order chi connectivity index (χ1) is 7.61. The summed E-state index contributed by atoms with van der Waals surface area (Å²) in [5.74, 6) is -2.12. The molecule has 0 radical (unpaired) electrons. The van der Waals surface area contributed by atoms with Gasteiger partial charge in [0.15, 0.2) is 0 Å². The molecule has 0 heterocycles. The molecule has 0 aliphatic carbocycles. The molecule has 0 fully saturated rings. The monoisotopic (exact) mass is 318 g/mol. The maximum absolute atomic E-state index is 10.9. The largest absolute Gasteiger partial charge is 0.478 e. The van der Waals surface area contributed by atoms with Crippen LogP contribution in [0.4, 0.5) is 0 Å². The molecule has 0 amide bonds. The van der Waals surface area contributed by atoms with Crippen LogP contribution in [0.25, 0.3) is 10.8 Å². The third kappa shape index (κ3) is 2.34. The fraction of sp³-hybridized carbons (Fsp3) is 0. The molecule has 2 aromatic carbocycles. The van der Waals surface area contributed by atoms with E-state index in [4.69, 9.17) is 10.2 Å². The summed E-state index contributed by atoms with van der Waals surface area (Å²) in [5.41, 5.74) is 0.223. The van der Waals surface area contributed by atoms with Gasteiger partial charge >= 0.3 is 11.9 Å². The van der Waals surface area contributed by atoms with Crippen LogP contribution >= 0.6 is 0 Å². The van der Waals surface area contributed by atoms with Crippen molar-refractivity contribution >= 4 is 22.7 Å². The minimum atomic E-state index is -1.06. The fourth-order valence-corrected chi connectivity index (χ4v) is 1.67. The first kappa shape index (κ1) is 13.3. The standard InChI is InChI=1S/C12H8O4.Ru/c13-11(14)9-5-6-10(12(15)16)8-4-2-1-3-7(8)9;/h1-6H,(H,13,14)(H,15,16);. The van der Waals surface area contributed by atoms with Gasteiger partial charge in [-0.2, -0.15) is 0 Å². The summed E-state index contributed by atoms with van der Waals surface area (Å²) < 4.78 is 0. The zero-order chi connectivity index (χ0) is 11.7. The van der Waals surface area contributed by atoms with Crippen molar-refractivity contribution in [3.05, 3.63) is 47.5 Å². The van der Waals surface area contributed by atoms with E-state index in [0.717, 1.165) is 0 Å². The normalized spacial score (nSPS) is 9.65. The van der Waals surface area contributed by atoms with Gasteiger partial charge in [-0.05, 0) is 22.9 Å². The average molecular weight is 317 g/mol. The zero-order valence-electron chi connectivity index (χ0n) is 8.53. The van der Waals surface area contributed by atoms with Crippen LogP contribution in [0.1, 0.15) is 20.7 Å². The number of carbonyl (C=O) groups is 2. The van der Waals surface area contributed by atoms with E-state index in [1.807, 2.05) is 0 Å². The fourth-order valence-electron chi connectivity index (χ4n) is 1.67. The summed E-state index contributed by atoms with van der Waals surface area (Å²) in [7, 11) is 0. The van der Waals surface area contributed by atoms with Crippen LogP contribution < -0.4 is 0 Å². The summed E-state index contributed by atoms with van der Waals surface area (Å²) in [5, 5.41) is 18.8. The Labute approximate surface area is 110 Å². The van der Waals surface area contributed by atoms with E-state index in [1.165, 1.54) is 12.1 Å². The van der Waals surface area contributed by atoms with Gasteiger partial charge < -0.3 is 10.2 Å². The Kier molecular flexibility index (Phi) is 3.97. The average Bonchev–Trinajstić information content (AvgIpc) is 2.27. The number of hydrogen-bond acceptors (Lipinski definition) is 2. The number of aromatic carboxylic acids is 2. The molecule has 2 aromatic rings. The van der Waals surface area contributed by atoms with Gasteiger partial charge in [0.1, 0.15) is 0 Å². The molecule has 0 aromatic heterocycles. The van der Waals surface area contributed by atoms with Gasteiger partial charge in [0, 0.05) is 19.5 Å². The van der Waals surface area contributed by atoms with Crippen molar-refractivity contribution in [3.63, 3.8) is 0 Å². The minimum Gasteiger partial charge on any atom is -0.478 e. The molecule has 0 saturated carbocycles. The Balaban J connectivity index is 0.00000144. The third-order valence-electron chi connectivity index (χ3n) is 2.38. The minimum absolute atomic E-state index is 0. The van der Waals surface area contributed by atoms with Crippen molar-refractivity contribution in [2.75, 3.05) is 0 Å². The zero-order valence-corrected chi connectivity index (χ0v) is 10.3. The Morgan fingerprint density at radius 1 is 0.765 bits per heavy atom. The Hall–Kier alpha value is -1.74. The Bertz CT molecular complexity index is 540. The third-order valence-corrected chi connectivity index (χ3v) is 2.38. The molecule has 5 heteroatoms. The number of rotatable bonds is 2. The predicted octanol–water partition coefficient (Wildman–Crippen LogP) is 2.23. The van der Waals surface area contributed by atoms with E-state index in [-0.39, 0.29) is 30.6 Å². The Morgan fingerprint density at radius 3 is 1.41 bits per heavy atom. The van der Waals surface area contributed by atoms with Gasteiger partial charge in [0.2, 0.25) is 0 Å².